The summed E-state index contributed by atoms with van der Waals surface area (Å²) in [5, 5.41) is 20.5. The lowest BCUT2D eigenvalue weighted by Crippen LogP contribution is -2.24. The maximum atomic E-state index is 13.8. The van der Waals surface area contributed by atoms with Gasteiger partial charge in [-0.05, 0) is 29.8 Å². The van der Waals surface area contributed by atoms with E-state index >= 15 is 0 Å². The molecule has 1 heterocycles. The smallest absolute Gasteiger partial charge is 0.324 e. The molecule has 0 aliphatic rings. The van der Waals surface area contributed by atoms with E-state index in [1.54, 1.807) is 41.1 Å². The summed E-state index contributed by atoms with van der Waals surface area (Å²) in [5.41, 5.74) is 1.74. The van der Waals surface area contributed by atoms with E-state index < -0.39 is 17.8 Å². The first-order chi connectivity index (χ1) is 14.1. The monoisotopic (exact) mass is 409 g/mol. The van der Waals surface area contributed by atoms with Crippen molar-refractivity contribution in [1.82, 2.24) is 9.78 Å². The number of aliphatic carboxylic acids is 1. The van der Waals surface area contributed by atoms with E-state index in [1.165, 1.54) is 18.2 Å². The number of hydrogen-bond donors (Lipinski definition) is 2. The quantitative estimate of drug-likeness (QED) is 0.676. The summed E-state index contributed by atoms with van der Waals surface area (Å²) in [4.78, 5) is 23.2. The molecular formula is C22H22FN4O3-. The average Bonchev–Trinajstić information content (AvgIpc) is 3.08. The number of carboxylic acids is 1. The minimum Gasteiger partial charge on any atom is -0.550 e. The van der Waals surface area contributed by atoms with Crippen molar-refractivity contribution in [2.24, 2.45) is 0 Å². The number of urea groups is 1. The summed E-state index contributed by atoms with van der Waals surface area (Å²) >= 11 is 0. The summed E-state index contributed by atoms with van der Waals surface area (Å²) in [6.45, 7) is 5.98. The highest BCUT2D eigenvalue weighted by atomic mass is 19.1. The van der Waals surface area contributed by atoms with Crippen molar-refractivity contribution in [3.05, 3.63) is 71.7 Å². The number of carbonyl (C=O) groups excluding carboxylic acids is 2. The maximum Gasteiger partial charge on any atom is 0.324 e. The summed E-state index contributed by atoms with van der Waals surface area (Å²) < 4.78 is 15.4. The molecule has 3 aromatic rings. The lowest BCUT2D eigenvalue weighted by atomic mass is 9.92. The molecule has 0 aliphatic carbocycles. The maximum absolute atomic E-state index is 13.8. The molecule has 8 heteroatoms. The fraction of sp³-hybridized carbons (Fsp3) is 0.227. The number of carboxylic acid groups (broad SMARTS) is 1. The number of carbonyl (C=O) groups is 2. The Bertz CT molecular complexity index is 1070. The number of hydrogen-bond acceptors (Lipinski definition) is 4. The summed E-state index contributed by atoms with van der Waals surface area (Å²) in [5.74, 6) is -1.31. The number of nitrogens with one attached hydrogen (secondary N) is 2. The number of halogens is 1. The van der Waals surface area contributed by atoms with Gasteiger partial charge < -0.3 is 15.2 Å². The predicted octanol–water partition coefficient (Wildman–Crippen LogP) is 3.25. The van der Waals surface area contributed by atoms with Crippen LogP contribution in [0.4, 0.5) is 20.7 Å². The molecule has 0 unspecified atom stereocenters. The molecule has 0 radical (unpaired) electrons. The first-order valence-corrected chi connectivity index (χ1v) is 9.36. The molecule has 3 rings (SSSR count). The van der Waals surface area contributed by atoms with Gasteiger partial charge in [-0.1, -0.05) is 45.0 Å². The standard InChI is InChI=1S/C22H23FN4O3/c1-22(2,3)18-13-19(25-21(30)24-17-7-5-4-6-16(17)23)27(26-18)15-10-8-14(9-11-15)12-20(28)29/h4-11,13H,12H2,1-3H3,(H,28,29)(H2,24,25,30)/p-1. The molecule has 0 fully saturated rings. The summed E-state index contributed by atoms with van der Waals surface area (Å²) in [7, 11) is 0. The number of para-hydroxylation sites is 1. The van der Waals surface area contributed by atoms with Crippen LogP contribution in [-0.2, 0) is 16.6 Å². The van der Waals surface area contributed by atoms with Crippen molar-refractivity contribution in [2.75, 3.05) is 10.6 Å². The van der Waals surface area contributed by atoms with Gasteiger partial charge in [-0.2, -0.15) is 5.10 Å². The number of nitrogens with zero attached hydrogens (tertiary/aromatic N) is 2. The fourth-order valence-corrected chi connectivity index (χ4v) is 2.79. The third-order valence-electron chi connectivity index (χ3n) is 4.37. The Morgan fingerprint density at radius 1 is 1.07 bits per heavy atom. The van der Waals surface area contributed by atoms with Gasteiger partial charge in [0.1, 0.15) is 11.6 Å². The molecule has 30 heavy (non-hydrogen) atoms. The topological polar surface area (TPSA) is 99.1 Å². The van der Waals surface area contributed by atoms with Crippen LogP contribution in [0.1, 0.15) is 32.0 Å². The molecule has 2 aromatic carbocycles. The van der Waals surface area contributed by atoms with Crippen molar-refractivity contribution < 1.29 is 19.1 Å². The average molecular weight is 409 g/mol. The van der Waals surface area contributed by atoms with E-state index in [1.807, 2.05) is 20.8 Å². The van der Waals surface area contributed by atoms with Crippen LogP contribution in [0.5, 0.6) is 0 Å². The zero-order valence-electron chi connectivity index (χ0n) is 16.9. The molecule has 156 valence electrons. The first kappa shape index (κ1) is 21.0. The van der Waals surface area contributed by atoms with E-state index in [4.69, 9.17) is 0 Å². The van der Waals surface area contributed by atoms with Crippen LogP contribution in [0.25, 0.3) is 5.69 Å². The largest absolute Gasteiger partial charge is 0.550 e. The van der Waals surface area contributed by atoms with Gasteiger partial charge in [0.25, 0.3) is 0 Å². The number of anilines is 2. The second-order valence-corrected chi connectivity index (χ2v) is 7.85. The molecule has 0 spiro atoms. The number of aromatic nitrogens is 2. The molecule has 2 amide bonds. The SMILES string of the molecule is CC(C)(C)c1cc(NC(=O)Nc2ccccc2F)n(-c2ccc(CC(=O)[O-])cc2)n1. The van der Waals surface area contributed by atoms with E-state index in [0.717, 1.165) is 5.69 Å². The van der Waals surface area contributed by atoms with Gasteiger partial charge in [0.15, 0.2) is 0 Å². The van der Waals surface area contributed by atoms with Gasteiger partial charge >= 0.3 is 6.03 Å². The molecule has 0 aliphatic heterocycles. The Labute approximate surface area is 173 Å². The highest BCUT2D eigenvalue weighted by molar-refractivity contribution is 5.99. The zero-order valence-corrected chi connectivity index (χ0v) is 16.9. The molecule has 1 aromatic heterocycles. The van der Waals surface area contributed by atoms with Gasteiger partial charge in [-0.15, -0.1) is 0 Å². The van der Waals surface area contributed by atoms with E-state index in [9.17, 15) is 19.1 Å². The molecular weight excluding hydrogens is 387 g/mol. The van der Waals surface area contributed by atoms with Crippen LogP contribution in [0, 0.1) is 5.82 Å². The van der Waals surface area contributed by atoms with Gasteiger partial charge in [-0.25, -0.2) is 13.9 Å². The number of benzene rings is 2. The van der Waals surface area contributed by atoms with Crippen LogP contribution in [-0.4, -0.2) is 21.8 Å². The molecule has 0 bridgehead atoms. The summed E-state index contributed by atoms with van der Waals surface area (Å²) in [6.07, 6.45) is -0.192. The molecule has 0 saturated heterocycles. The van der Waals surface area contributed by atoms with Crippen molar-refractivity contribution >= 4 is 23.5 Å². The highest BCUT2D eigenvalue weighted by Crippen LogP contribution is 2.26. The minimum atomic E-state index is -1.16. The van der Waals surface area contributed by atoms with Gasteiger partial charge in [0.05, 0.1) is 17.1 Å². The Hall–Kier alpha value is -3.68. The molecule has 2 N–H and O–H groups in total. The zero-order chi connectivity index (χ0) is 21.9. The van der Waals surface area contributed by atoms with Crippen LogP contribution in [0.15, 0.2) is 54.6 Å². The lowest BCUT2D eigenvalue weighted by molar-refractivity contribution is -0.304. The van der Waals surface area contributed by atoms with Crippen molar-refractivity contribution in [3.63, 3.8) is 0 Å². The van der Waals surface area contributed by atoms with Gasteiger partial charge in [-0.3, -0.25) is 5.32 Å². The van der Waals surface area contributed by atoms with Crippen molar-refractivity contribution in [3.8, 4) is 5.69 Å². The van der Waals surface area contributed by atoms with E-state index in [2.05, 4.69) is 15.7 Å². The third kappa shape index (κ3) is 5.02. The molecule has 0 atom stereocenters. The van der Waals surface area contributed by atoms with Crippen molar-refractivity contribution in [1.29, 1.82) is 0 Å². The normalized spacial score (nSPS) is 11.2. The number of rotatable bonds is 5. The minimum absolute atomic E-state index is 0.0590. The second kappa shape index (κ2) is 8.36. The second-order valence-electron chi connectivity index (χ2n) is 7.85. The molecule has 7 nitrogen and oxygen atoms in total. The third-order valence-corrected chi connectivity index (χ3v) is 4.37. The predicted molar refractivity (Wildman–Crippen MR) is 110 cm³/mol. The Morgan fingerprint density at radius 3 is 2.33 bits per heavy atom. The van der Waals surface area contributed by atoms with E-state index in [0.29, 0.717) is 17.1 Å². The highest BCUT2D eigenvalue weighted by Gasteiger charge is 2.21. The van der Waals surface area contributed by atoms with Crippen LogP contribution < -0.4 is 15.7 Å². The summed E-state index contributed by atoms with van der Waals surface area (Å²) in [6, 6.07) is 13.7. The molecule has 0 saturated carbocycles. The lowest BCUT2D eigenvalue weighted by Gasteiger charge is -2.14. The van der Waals surface area contributed by atoms with Crippen LogP contribution >= 0.6 is 0 Å². The van der Waals surface area contributed by atoms with Gasteiger partial charge in [0.2, 0.25) is 0 Å². The fourth-order valence-electron chi connectivity index (χ4n) is 2.79. The van der Waals surface area contributed by atoms with Crippen LogP contribution in [0.2, 0.25) is 0 Å². The van der Waals surface area contributed by atoms with E-state index in [-0.39, 0.29) is 17.5 Å². The first-order valence-electron chi connectivity index (χ1n) is 9.36. The van der Waals surface area contributed by atoms with Crippen molar-refractivity contribution in [2.45, 2.75) is 32.6 Å². The Balaban J connectivity index is 1.89. The Kier molecular flexibility index (Phi) is 5.86. The van der Waals surface area contributed by atoms with Gasteiger partial charge in [0, 0.05) is 23.9 Å². The van der Waals surface area contributed by atoms with Crippen LogP contribution in [0.3, 0.4) is 0 Å². The number of amides is 2. The Morgan fingerprint density at radius 2 is 1.73 bits per heavy atom.